The molecule has 2 N–H and O–H groups in total. The van der Waals surface area contributed by atoms with E-state index in [9.17, 15) is 30.1 Å². The fourth-order valence-corrected chi connectivity index (χ4v) is 5.69. The molecule has 10 nitrogen and oxygen atoms in total. The molecule has 2 atom stereocenters. The Bertz CT molecular complexity index is 884. The molecule has 4 aliphatic carbocycles. The van der Waals surface area contributed by atoms with Crippen LogP contribution in [0.15, 0.2) is 23.3 Å². The number of nitrogens with zero attached hydrogens (tertiary/aromatic N) is 3. The number of nitro benzene ring substituents is 2. The van der Waals surface area contributed by atoms with Gasteiger partial charge in [0.15, 0.2) is 0 Å². The van der Waals surface area contributed by atoms with E-state index in [0.717, 1.165) is 43.9 Å². The third-order valence-corrected chi connectivity index (χ3v) is 6.37. The van der Waals surface area contributed by atoms with Crippen LogP contribution >= 0.6 is 0 Å². The summed E-state index contributed by atoms with van der Waals surface area (Å²) < 4.78 is 0. The molecule has 0 amide bonds. The van der Waals surface area contributed by atoms with Crippen molar-refractivity contribution in [2.45, 2.75) is 38.5 Å². The number of carboxylic acid groups (broad SMARTS) is 1. The number of anilines is 1. The second-order valence-corrected chi connectivity index (χ2v) is 8.22. The van der Waals surface area contributed by atoms with Crippen molar-refractivity contribution in [3.8, 4) is 0 Å². The molecule has 4 saturated carbocycles. The first-order valence-corrected chi connectivity index (χ1v) is 9.26. The summed E-state index contributed by atoms with van der Waals surface area (Å²) in [6, 6.07) is 3.34. The van der Waals surface area contributed by atoms with Crippen LogP contribution in [-0.2, 0) is 4.79 Å². The normalized spacial score (nSPS) is 31.7. The van der Waals surface area contributed by atoms with E-state index in [1.807, 2.05) is 0 Å². The zero-order chi connectivity index (χ0) is 20.1. The lowest BCUT2D eigenvalue weighted by molar-refractivity contribution is -0.393. The topological polar surface area (TPSA) is 148 Å². The van der Waals surface area contributed by atoms with Crippen molar-refractivity contribution in [1.29, 1.82) is 0 Å². The lowest BCUT2D eigenvalue weighted by Gasteiger charge is -2.56. The molecular formula is C18H20N4O6. The molecule has 0 unspecified atom stereocenters. The van der Waals surface area contributed by atoms with Crippen LogP contribution in [-0.4, -0.2) is 26.6 Å². The molecule has 0 heterocycles. The fourth-order valence-electron chi connectivity index (χ4n) is 5.69. The summed E-state index contributed by atoms with van der Waals surface area (Å²) >= 11 is 0. The fraction of sp³-hybridized carbons (Fsp3) is 0.556. The van der Waals surface area contributed by atoms with Gasteiger partial charge in [0.2, 0.25) is 0 Å². The molecule has 1 aromatic rings. The maximum Gasteiger partial charge on any atom is 0.304 e. The van der Waals surface area contributed by atoms with Crippen molar-refractivity contribution < 1.29 is 19.7 Å². The quantitative estimate of drug-likeness (QED) is 0.559. The molecule has 4 bridgehead atoms. The minimum atomic E-state index is -0.865. The molecule has 0 spiro atoms. The number of carbonyl (C=O) groups is 1. The zero-order valence-corrected chi connectivity index (χ0v) is 15.0. The highest BCUT2D eigenvalue weighted by Gasteiger charge is 2.56. The number of hydrogen-bond acceptors (Lipinski definition) is 7. The minimum Gasteiger partial charge on any atom is -0.481 e. The molecule has 0 radical (unpaired) electrons. The monoisotopic (exact) mass is 388 g/mol. The number of hydrogen-bond donors (Lipinski definition) is 2. The number of non-ortho nitro benzene ring substituents is 1. The van der Waals surface area contributed by atoms with Crippen LogP contribution in [0, 0.1) is 43.4 Å². The van der Waals surface area contributed by atoms with Gasteiger partial charge >= 0.3 is 11.7 Å². The Hall–Kier alpha value is -3.04. The first kappa shape index (κ1) is 18.3. The van der Waals surface area contributed by atoms with E-state index >= 15 is 0 Å². The van der Waals surface area contributed by atoms with E-state index in [1.54, 1.807) is 0 Å². The smallest absolute Gasteiger partial charge is 0.304 e. The summed E-state index contributed by atoms with van der Waals surface area (Å²) in [6.45, 7) is 0. The predicted molar refractivity (Wildman–Crippen MR) is 99.0 cm³/mol. The molecule has 0 aliphatic heterocycles. The second kappa shape index (κ2) is 6.54. The van der Waals surface area contributed by atoms with Gasteiger partial charge in [-0.2, -0.15) is 5.10 Å². The third-order valence-electron chi connectivity index (χ3n) is 6.37. The van der Waals surface area contributed by atoms with Crippen LogP contribution in [0.3, 0.4) is 0 Å². The van der Waals surface area contributed by atoms with Crippen LogP contribution in [0.5, 0.6) is 0 Å². The number of aliphatic carboxylic acids is 1. The maximum atomic E-state index is 11.5. The summed E-state index contributed by atoms with van der Waals surface area (Å²) in [5.41, 5.74) is 2.26. The van der Waals surface area contributed by atoms with Crippen LogP contribution in [0.2, 0.25) is 0 Å². The molecule has 28 heavy (non-hydrogen) atoms. The van der Waals surface area contributed by atoms with Crippen molar-refractivity contribution in [2.24, 2.45) is 28.3 Å². The Morgan fingerprint density at radius 1 is 1.18 bits per heavy atom. The number of rotatable bonds is 6. The van der Waals surface area contributed by atoms with E-state index in [4.69, 9.17) is 0 Å². The molecule has 148 valence electrons. The van der Waals surface area contributed by atoms with E-state index in [1.165, 1.54) is 12.1 Å². The number of nitro groups is 2. The number of nitrogens with one attached hydrogen (secondary N) is 1. The van der Waals surface area contributed by atoms with Gasteiger partial charge in [0.25, 0.3) is 5.69 Å². The highest BCUT2D eigenvalue weighted by atomic mass is 16.6. The van der Waals surface area contributed by atoms with Gasteiger partial charge in [0, 0.05) is 23.1 Å². The van der Waals surface area contributed by atoms with Crippen LogP contribution < -0.4 is 5.43 Å². The Kier molecular flexibility index (Phi) is 4.28. The molecule has 0 aromatic heterocycles. The van der Waals surface area contributed by atoms with Gasteiger partial charge in [-0.05, 0) is 50.0 Å². The highest BCUT2D eigenvalue weighted by molar-refractivity contribution is 5.97. The van der Waals surface area contributed by atoms with Crippen LogP contribution in [0.4, 0.5) is 17.1 Å². The van der Waals surface area contributed by atoms with E-state index in [-0.39, 0.29) is 23.7 Å². The minimum absolute atomic E-state index is 0.0133. The van der Waals surface area contributed by atoms with Gasteiger partial charge in [-0.25, -0.2) is 0 Å². The molecule has 4 aliphatic rings. The maximum absolute atomic E-state index is 11.5. The number of carboxylic acids is 1. The summed E-state index contributed by atoms with van der Waals surface area (Å²) in [7, 11) is 0. The lowest BCUT2D eigenvalue weighted by Crippen LogP contribution is -2.54. The number of benzene rings is 1. The van der Waals surface area contributed by atoms with Crippen molar-refractivity contribution in [3.63, 3.8) is 0 Å². The highest BCUT2D eigenvalue weighted by Crippen LogP contribution is 2.59. The molecular weight excluding hydrogens is 368 g/mol. The van der Waals surface area contributed by atoms with Crippen molar-refractivity contribution in [2.75, 3.05) is 5.43 Å². The predicted octanol–water partition coefficient (Wildman–Crippen LogP) is 3.57. The molecule has 1 aromatic carbocycles. The van der Waals surface area contributed by atoms with E-state index in [2.05, 4.69) is 10.5 Å². The SMILES string of the molecule is O=C(O)CC12C[C@@H]3CC(C[C@H](C3)C1)/C2=N/Nc1ccc([N+](=O)[O-])cc1[N+](=O)[O-]. The summed E-state index contributed by atoms with van der Waals surface area (Å²) in [5.74, 6) is 0.361. The Morgan fingerprint density at radius 2 is 1.86 bits per heavy atom. The molecule has 0 saturated heterocycles. The van der Waals surface area contributed by atoms with Gasteiger partial charge in [0.1, 0.15) is 5.69 Å². The Morgan fingerprint density at radius 3 is 2.43 bits per heavy atom. The first-order valence-electron chi connectivity index (χ1n) is 9.26. The molecule has 4 fully saturated rings. The average molecular weight is 388 g/mol. The lowest BCUT2D eigenvalue weighted by atomic mass is 9.48. The van der Waals surface area contributed by atoms with E-state index in [0.29, 0.717) is 11.8 Å². The summed E-state index contributed by atoms with van der Waals surface area (Å²) in [5, 5.41) is 36.1. The standard InChI is InChI=1S/C18H20N4O6/c23-16(24)9-18-7-10-3-11(8-18)5-12(4-10)17(18)20-19-14-2-1-13(21(25)26)6-15(14)22(27)28/h1-2,6,10-12,19H,3-5,7-9H2,(H,23,24)/b20-17-/t10-,11-,12?,18?/m0/s1. The second-order valence-electron chi connectivity index (χ2n) is 8.22. The van der Waals surface area contributed by atoms with Gasteiger partial charge in [0.05, 0.1) is 22.3 Å². The van der Waals surface area contributed by atoms with Crippen LogP contribution in [0.1, 0.15) is 38.5 Å². The zero-order valence-electron chi connectivity index (χ0n) is 15.0. The van der Waals surface area contributed by atoms with Gasteiger partial charge in [-0.1, -0.05) is 0 Å². The third kappa shape index (κ3) is 3.08. The average Bonchev–Trinajstić information content (AvgIpc) is 2.59. The largest absolute Gasteiger partial charge is 0.481 e. The van der Waals surface area contributed by atoms with Crippen LogP contribution in [0.25, 0.3) is 0 Å². The Labute approximate surface area is 159 Å². The Balaban J connectivity index is 1.67. The first-order chi connectivity index (χ1) is 13.3. The van der Waals surface area contributed by atoms with Crippen molar-refractivity contribution in [1.82, 2.24) is 0 Å². The van der Waals surface area contributed by atoms with Gasteiger partial charge < -0.3 is 5.11 Å². The molecule has 5 rings (SSSR count). The van der Waals surface area contributed by atoms with Gasteiger partial charge in [-0.3, -0.25) is 30.4 Å². The molecule has 10 heteroatoms. The van der Waals surface area contributed by atoms with Crippen molar-refractivity contribution >= 4 is 28.7 Å². The van der Waals surface area contributed by atoms with Gasteiger partial charge in [-0.15, -0.1) is 0 Å². The van der Waals surface area contributed by atoms with E-state index < -0.39 is 26.9 Å². The summed E-state index contributed by atoms with van der Waals surface area (Å²) in [4.78, 5) is 32.3. The van der Waals surface area contributed by atoms with Crippen molar-refractivity contribution in [3.05, 3.63) is 38.4 Å². The number of hydrazone groups is 1. The summed E-state index contributed by atoms with van der Waals surface area (Å²) in [6.07, 6.45) is 4.68.